The summed E-state index contributed by atoms with van der Waals surface area (Å²) in [4.78, 5) is 0. The van der Waals surface area contributed by atoms with Gasteiger partial charge in [-0.25, -0.2) is 0 Å². The lowest BCUT2D eigenvalue weighted by Gasteiger charge is -2.24. The molecule has 0 saturated heterocycles. The summed E-state index contributed by atoms with van der Waals surface area (Å²) in [5.74, 6) is 0.790. The van der Waals surface area contributed by atoms with Crippen molar-refractivity contribution in [1.29, 1.82) is 0 Å². The highest BCUT2D eigenvalue weighted by atomic mass is 35.5. The summed E-state index contributed by atoms with van der Waals surface area (Å²) < 4.78 is 0. The van der Waals surface area contributed by atoms with Crippen molar-refractivity contribution in [1.82, 2.24) is 0 Å². The third-order valence-corrected chi connectivity index (χ3v) is 3.91. The second-order valence-electron chi connectivity index (χ2n) is 6.01. The predicted molar refractivity (Wildman–Crippen MR) is 64.9 cm³/mol. The molecule has 1 fully saturated rings. The van der Waals surface area contributed by atoms with Crippen molar-refractivity contribution in [2.45, 2.75) is 71.1 Å². The predicted octanol–water partition coefficient (Wildman–Crippen LogP) is 5.00. The monoisotopic (exact) mass is 216 g/mol. The molecule has 2 atom stereocenters. The van der Waals surface area contributed by atoms with Gasteiger partial charge in [0.1, 0.15) is 0 Å². The molecule has 0 aromatic rings. The van der Waals surface area contributed by atoms with E-state index >= 15 is 0 Å². The van der Waals surface area contributed by atoms with Crippen molar-refractivity contribution in [2.75, 3.05) is 0 Å². The Morgan fingerprint density at radius 2 is 1.71 bits per heavy atom. The number of hydrogen-bond acceptors (Lipinski definition) is 0. The van der Waals surface area contributed by atoms with Crippen LogP contribution in [0.2, 0.25) is 0 Å². The third kappa shape index (κ3) is 4.68. The van der Waals surface area contributed by atoms with E-state index in [2.05, 4.69) is 20.8 Å². The lowest BCUT2D eigenvalue weighted by Crippen LogP contribution is -2.16. The van der Waals surface area contributed by atoms with Gasteiger partial charge in [0.15, 0.2) is 0 Å². The first-order chi connectivity index (χ1) is 6.49. The van der Waals surface area contributed by atoms with Gasteiger partial charge in [-0.15, -0.1) is 11.6 Å². The smallest absolute Gasteiger partial charge is 0.0364 e. The molecule has 0 radical (unpaired) electrons. The van der Waals surface area contributed by atoms with Crippen LogP contribution in [0.3, 0.4) is 0 Å². The minimum Gasteiger partial charge on any atom is -0.123 e. The Balaban J connectivity index is 2.33. The topological polar surface area (TPSA) is 0 Å². The van der Waals surface area contributed by atoms with Crippen molar-refractivity contribution in [2.24, 2.45) is 11.3 Å². The molecule has 14 heavy (non-hydrogen) atoms. The molecule has 0 nitrogen and oxygen atoms in total. The Hall–Kier alpha value is 0.290. The fourth-order valence-electron chi connectivity index (χ4n) is 2.28. The van der Waals surface area contributed by atoms with Gasteiger partial charge < -0.3 is 0 Å². The van der Waals surface area contributed by atoms with Gasteiger partial charge in [-0.2, -0.15) is 0 Å². The normalized spacial score (nSPS) is 30.0. The van der Waals surface area contributed by atoms with Crippen LogP contribution in [0.5, 0.6) is 0 Å². The summed E-state index contributed by atoms with van der Waals surface area (Å²) in [6.07, 6.45) is 9.41. The van der Waals surface area contributed by atoms with Crippen molar-refractivity contribution in [3.8, 4) is 0 Å². The molecule has 0 aromatic heterocycles. The van der Waals surface area contributed by atoms with Gasteiger partial charge in [0.25, 0.3) is 0 Å². The number of alkyl halides is 1. The van der Waals surface area contributed by atoms with E-state index in [1.165, 1.54) is 44.9 Å². The molecule has 0 spiro atoms. The van der Waals surface area contributed by atoms with E-state index in [0.717, 1.165) is 5.92 Å². The Morgan fingerprint density at radius 3 is 2.36 bits per heavy atom. The summed E-state index contributed by atoms with van der Waals surface area (Å²) in [5, 5.41) is 0.458. The molecule has 0 amide bonds. The van der Waals surface area contributed by atoms with Crippen LogP contribution in [0.4, 0.5) is 0 Å². The molecular weight excluding hydrogens is 192 g/mol. The Morgan fingerprint density at radius 1 is 1.07 bits per heavy atom. The van der Waals surface area contributed by atoms with Crippen molar-refractivity contribution in [3.63, 3.8) is 0 Å². The summed E-state index contributed by atoms with van der Waals surface area (Å²) in [6.45, 7) is 6.98. The van der Waals surface area contributed by atoms with E-state index in [1.807, 2.05) is 0 Å². The number of hydrogen-bond donors (Lipinski definition) is 0. The minimum absolute atomic E-state index is 0.458. The Bertz CT molecular complexity index is 157. The fraction of sp³-hybridized carbons (Fsp3) is 1.00. The highest BCUT2D eigenvalue weighted by Gasteiger charge is 2.23. The van der Waals surface area contributed by atoms with Gasteiger partial charge in [0, 0.05) is 5.38 Å². The van der Waals surface area contributed by atoms with Gasteiger partial charge in [-0.05, 0) is 37.0 Å². The third-order valence-electron chi connectivity index (χ3n) is 3.33. The van der Waals surface area contributed by atoms with Crippen LogP contribution in [0, 0.1) is 11.3 Å². The second-order valence-corrected chi connectivity index (χ2v) is 6.57. The van der Waals surface area contributed by atoms with Crippen LogP contribution in [0.1, 0.15) is 65.7 Å². The molecule has 1 heteroatoms. The van der Waals surface area contributed by atoms with Crippen LogP contribution < -0.4 is 0 Å². The maximum atomic E-state index is 6.42. The molecule has 84 valence electrons. The maximum absolute atomic E-state index is 6.42. The molecule has 1 rings (SSSR count). The van der Waals surface area contributed by atoms with Crippen LogP contribution >= 0.6 is 11.6 Å². The highest BCUT2D eigenvalue weighted by Crippen LogP contribution is 2.33. The van der Waals surface area contributed by atoms with Crippen molar-refractivity contribution < 1.29 is 0 Å². The van der Waals surface area contributed by atoms with E-state index in [-0.39, 0.29) is 0 Å². The van der Waals surface area contributed by atoms with E-state index in [0.29, 0.717) is 10.8 Å². The quantitative estimate of drug-likeness (QED) is 0.450. The molecule has 0 aliphatic heterocycles. The van der Waals surface area contributed by atoms with Crippen LogP contribution in [0.25, 0.3) is 0 Å². The first-order valence-corrected chi connectivity index (χ1v) is 6.57. The Kier molecular flexibility index (Phi) is 4.76. The SMILES string of the molecule is CC(C)(C)CCC1CCCCCC1Cl. The Labute approximate surface area is 94.4 Å². The molecule has 1 aliphatic carbocycles. The number of halogens is 1. The van der Waals surface area contributed by atoms with Crippen LogP contribution in [-0.2, 0) is 0 Å². The fourth-order valence-corrected chi connectivity index (χ4v) is 2.69. The highest BCUT2D eigenvalue weighted by molar-refractivity contribution is 6.20. The molecule has 0 N–H and O–H groups in total. The van der Waals surface area contributed by atoms with E-state index in [9.17, 15) is 0 Å². The summed E-state index contributed by atoms with van der Waals surface area (Å²) in [5.41, 5.74) is 0.475. The first-order valence-electron chi connectivity index (χ1n) is 6.13. The van der Waals surface area contributed by atoms with Gasteiger partial charge in [0.05, 0.1) is 0 Å². The molecule has 2 unspecified atom stereocenters. The average Bonchev–Trinajstić information content (AvgIpc) is 2.25. The molecule has 1 aliphatic rings. The largest absolute Gasteiger partial charge is 0.123 e. The molecular formula is C13H25Cl. The zero-order valence-corrected chi connectivity index (χ0v) is 10.7. The second kappa shape index (κ2) is 5.39. The van der Waals surface area contributed by atoms with E-state index in [4.69, 9.17) is 11.6 Å². The van der Waals surface area contributed by atoms with Gasteiger partial charge in [-0.1, -0.05) is 40.0 Å². The lowest BCUT2D eigenvalue weighted by molar-refractivity contribution is 0.308. The lowest BCUT2D eigenvalue weighted by atomic mass is 9.84. The zero-order valence-electron chi connectivity index (χ0n) is 9.98. The zero-order chi connectivity index (χ0) is 10.6. The van der Waals surface area contributed by atoms with Gasteiger partial charge in [0.2, 0.25) is 0 Å². The average molecular weight is 217 g/mol. The van der Waals surface area contributed by atoms with Crippen molar-refractivity contribution >= 4 is 11.6 Å². The number of rotatable bonds is 2. The van der Waals surface area contributed by atoms with E-state index in [1.54, 1.807) is 0 Å². The van der Waals surface area contributed by atoms with Crippen LogP contribution in [-0.4, -0.2) is 5.38 Å². The first kappa shape index (κ1) is 12.4. The standard InChI is InChI=1S/C13H25Cl/c1-13(2,3)10-9-11-7-5-4-6-8-12(11)14/h11-12H,4-10H2,1-3H3. The van der Waals surface area contributed by atoms with Crippen LogP contribution in [0.15, 0.2) is 0 Å². The van der Waals surface area contributed by atoms with E-state index < -0.39 is 0 Å². The summed E-state index contributed by atoms with van der Waals surface area (Å²) in [6, 6.07) is 0. The molecule has 0 heterocycles. The molecule has 0 aromatic carbocycles. The van der Waals surface area contributed by atoms with Gasteiger partial charge >= 0.3 is 0 Å². The summed E-state index contributed by atoms with van der Waals surface area (Å²) >= 11 is 6.42. The molecule has 1 saturated carbocycles. The molecule has 0 bridgehead atoms. The minimum atomic E-state index is 0.458. The van der Waals surface area contributed by atoms with Gasteiger partial charge in [-0.3, -0.25) is 0 Å². The maximum Gasteiger partial charge on any atom is 0.0364 e. The van der Waals surface area contributed by atoms with Crippen molar-refractivity contribution in [3.05, 3.63) is 0 Å². The summed E-state index contributed by atoms with van der Waals surface area (Å²) in [7, 11) is 0.